The van der Waals surface area contributed by atoms with Crippen molar-refractivity contribution in [2.75, 3.05) is 19.0 Å². The predicted octanol–water partition coefficient (Wildman–Crippen LogP) is 4.87. The number of phenolic OH excluding ortho intramolecular Hbond substituents is 1. The summed E-state index contributed by atoms with van der Waals surface area (Å²) in [4.78, 5) is 47.2. The van der Waals surface area contributed by atoms with Gasteiger partial charge in [-0.2, -0.15) is 0 Å². The molecule has 0 bridgehead atoms. The molecule has 42 heavy (non-hydrogen) atoms. The summed E-state index contributed by atoms with van der Waals surface area (Å²) in [5, 5.41) is 20.6. The molecule has 2 aromatic carbocycles. The number of carbonyl (C=O) groups excluding carboxylic acids is 3. The average Bonchev–Trinajstić information content (AvgIpc) is 3.54. The zero-order valence-electron chi connectivity index (χ0n) is 24.2. The number of hydrogen-bond donors (Lipinski definition) is 4. The number of ether oxygens (including phenoxy) is 1. The Morgan fingerprint density at radius 3 is 2.17 bits per heavy atom. The number of rotatable bonds is 10. The van der Waals surface area contributed by atoms with Gasteiger partial charge in [-0.3, -0.25) is 9.59 Å². The number of nitrogens with one attached hydrogen (secondary N) is 3. The van der Waals surface area contributed by atoms with E-state index in [1.807, 2.05) is 50.2 Å². The molecule has 0 spiro atoms. The van der Waals surface area contributed by atoms with Crippen LogP contribution < -0.4 is 16.0 Å². The van der Waals surface area contributed by atoms with Gasteiger partial charge in [-0.25, -0.2) is 14.8 Å². The van der Waals surface area contributed by atoms with E-state index in [1.54, 1.807) is 43.5 Å². The van der Waals surface area contributed by atoms with E-state index in [0.29, 0.717) is 34.3 Å². The van der Waals surface area contributed by atoms with Crippen LogP contribution in [0.4, 0.5) is 5.95 Å². The van der Waals surface area contributed by atoms with Crippen molar-refractivity contribution in [3.8, 4) is 16.9 Å². The van der Waals surface area contributed by atoms with Gasteiger partial charge in [-0.1, -0.05) is 62.4 Å². The first-order valence-corrected chi connectivity index (χ1v) is 14.3. The third kappa shape index (κ3) is 7.91. The second-order valence-electron chi connectivity index (χ2n) is 8.86. The third-order valence-corrected chi connectivity index (χ3v) is 7.02. The van der Waals surface area contributed by atoms with Crippen LogP contribution in [0.3, 0.4) is 0 Å². The fourth-order valence-corrected chi connectivity index (χ4v) is 4.83. The summed E-state index contributed by atoms with van der Waals surface area (Å²) >= 11 is 1.27. The Kier molecular flexibility index (Phi) is 11.6. The summed E-state index contributed by atoms with van der Waals surface area (Å²) in [6.07, 6.45) is 0. The number of aryl methyl sites for hydroxylation is 2. The Morgan fingerprint density at radius 2 is 1.55 bits per heavy atom. The molecule has 4 N–H and O–H groups in total. The van der Waals surface area contributed by atoms with Crippen molar-refractivity contribution in [1.29, 1.82) is 0 Å². The van der Waals surface area contributed by atoms with E-state index in [-0.39, 0.29) is 23.8 Å². The average molecular weight is 590 g/mol. The third-order valence-electron chi connectivity index (χ3n) is 6.15. The lowest BCUT2D eigenvalue weighted by molar-refractivity contribution is -0.142. The van der Waals surface area contributed by atoms with E-state index in [1.165, 1.54) is 18.4 Å². The van der Waals surface area contributed by atoms with E-state index in [4.69, 9.17) is 4.74 Å². The first-order valence-electron chi connectivity index (χ1n) is 13.4. The van der Waals surface area contributed by atoms with Crippen LogP contribution >= 0.6 is 11.3 Å². The molecule has 4 rings (SSSR count). The van der Waals surface area contributed by atoms with Gasteiger partial charge in [0.1, 0.15) is 11.8 Å². The van der Waals surface area contributed by atoms with E-state index in [9.17, 15) is 19.5 Å². The Labute approximate surface area is 249 Å². The van der Waals surface area contributed by atoms with Crippen molar-refractivity contribution >= 4 is 35.1 Å². The van der Waals surface area contributed by atoms with Gasteiger partial charge in [0.05, 0.1) is 28.9 Å². The van der Waals surface area contributed by atoms with Crippen LogP contribution in [-0.2, 0) is 16.1 Å². The number of hydrogen-bond acceptors (Lipinski definition) is 9. The zero-order valence-corrected chi connectivity index (χ0v) is 25.0. The summed E-state index contributed by atoms with van der Waals surface area (Å²) in [6.45, 7) is 7.58. The van der Waals surface area contributed by atoms with Crippen molar-refractivity contribution in [3.63, 3.8) is 0 Å². The van der Waals surface area contributed by atoms with Gasteiger partial charge < -0.3 is 25.8 Å². The molecule has 0 aliphatic heterocycles. The molecule has 0 fully saturated rings. The molecule has 1 unspecified atom stereocenters. The monoisotopic (exact) mass is 589 g/mol. The lowest BCUT2D eigenvalue weighted by Crippen LogP contribution is -2.49. The fourth-order valence-electron chi connectivity index (χ4n) is 4.19. The van der Waals surface area contributed by atoms with E-state index < -0.39 is 17.9 Å². The normalized spacial score (nSPS) is 11.0. The zero-order chi connectivity index (χ0) is 30.6. The topological polar surface area (TPSA) is 143 Å². The summed E-state index contributed by atoms with van der Waals surface area (Å²) in [6, 6.07) is 17.1. The van der Waals surface area contributed by atoms with Crippen molar-refractivity contribution in [2.45, 2.75) is 40.3 Å². The summed E-state index contributed by atoms with van der Waals surface area (Å²) in [5.41, 5.74) is 3.55. The lowest BCUT2D eigenvalue weighted by atomic mass is 9.99. The summed E-state index contributed by atoms with van der Waals surface area (Å²) in [5.74, 6) is -1.10. The number of esters is 1. The van der Waals surface area contributed by atoms with Gasteiger partial charge in [0.15, 0.2) is 0 Å². The minimum absolute atomic E-state index is 0.149. The number of aromatic hydroxyl groups is 1. The highest BCUT2D eigenvalue weighted by Crippen LogP contribution is 2.31. The smallest absolute Gasteiger partial charge is 0.330 e. The van der Waals surface area contributed by atoms with Gasteiger partial charge in [0.2, 0.25) is 5.95 Å². The van der Waals surface area contributed by atoms with Gasteiger partial charge in [0.25, 0.3) is 11.8 Å². The fraction of sp³-hybridized carbons (Fsp3) is 0.258. The second kappa shape index (κ2) is 15.3. The number of carbonyl (C=O) groups is 3. The quantitative estimate of drug-likeness (QED) is 0.192. The van der Waals surface area contributed by atoms with Crippen molar-refractivity contribution in [2.24, 2.45) is 0 Å². The van der Waals surface area contributed by atoms with Crippen LogP contribution in [0, 0.1) is 13.8 Å². The molecule has 4 aromatic rings. The van der Waals surface area contributed by atoms with Crippen LogP contribution in [0.15, 0.2) is 66.0 Å². The second-order valence-corrected chi connectivity index (χ2v) is 9.81. The van der Waals surface area contributed by atoms with E-state index in [0.717, 1.165) is 11.1 Å². The number of nitrogens with zero attached hydrogens (tertiary/aromatic N) is 2. The van der Waals surface area contributed by atoms with Gasteiger partial charge in [-0.15, -0.1) is 11.3 Å². The molecular weight excluding hydrogens is 554 g/mol. The number of thiophene rings is 1. The van der Waals surface area contributed by atoms with Crippen LogP contribution in [0.1, 0.15) is 50.8 Å². The molecule has 2 aromatic heterocycles. The number of para-hydroxylation sites is 1. The predicted molar refractivity (Wildman–Crippen MR) is 164 cm³/mol. The maximum atomic E-state index is 13.2. The molecule has 10 nitrogen and oxygen atoms in total. The SMILES string of the molecule is CC.COC(=O)C(CNC(=O)c1cccs1)NC(=O)c1c(C)nc(NCc2ccccc2-c2ccccc2O)nc1C. The highest BCUT2D eigenvalue weighted by Gasteiger charge is 2.26. The first-order chi connectivity index (χ1) is 20.3. The molecule has 0 aliphatic rings. The number of benzene rings is 2. The molecule has 0 saturated heterocycles. The first kappa shape index (κ1) is 31.8. The standard InChI is InChI=1S/C29H29N5O5S.C2H6/c1-17-25(27(37)34-22(28(38)39-3)16-30-26(36)24-13-8-14-40-24)18(2)33-29(32-17)31-15-19-9-4-5-10-20(19)21-11-6-7-12-23(21)35;1-2/h4-14,22,35H,15-16H2,1-3H3,(H,30,36)(H,34,37)(H,31,32,33);1-2H3. The van der Waals surface area contributed by atoms with Gasteiger partial charge in [-0.05, 0) is 42.5 Å². The minimum atomic E-state index is -1.11. The Hall–Kier alpha value is -4.77. The molecular formula is C31H35N5O5S. The molecule has 0 aliphatic carbocycles. The van der Waals surface area contributed by atoms with Crippen LogP contribution in [-0.4, -0.2) is 52.6 Å². The number of anilines is 1. The molecule has 2 heterocycles. The van der Waals surface area contributed by atoms with Gasteiger partial charge >= 0.3 is 5.97 Å². The molecule has 220 valence electrons. The maximum absolute atomic E-state index is 13.2. The summed E-state index contributed by atoms with van der Waals surface area (Å²) in [7, 11) is 1.21. The Bertz CT molecular complexity index is 1500. The van der Waals surface area contributed by atoms with Crippen LogP contribution in [0.25, 0.3) is 11.1 Å². The molecule has 11 heteroatoms. The molecule has 2 amide bonds. The number of phenols is 1. The lowest BCUT2D eigenvalue weighted by Gasteiger charge is -2.18. The maximum Gasteiger partial charge on any atom is 0.330 e. The number of methoxy groups -OCH3 is 1. The highest BCUT2D eigenvalue weighted by molar-refractivity contribution is 7.12. The molecule has 1 atom stereocenters. The number of amides is 2. The Balaban J connectivity index is 0.00000237. The van der Waals surface area contributed by atoms with E-state index in [2.05, 4.69) is 25.9 Å². The van der Waals surface area contributed by atoms with E-state index >= 15 is 0 Å². The van der Waals surface area contributed by atoms with Gasteiger partial charge in [0, 0.05) is 18.7 Å². The Morgan fingerprint density at radius 1 is 0.905 bits per heavy atom. The number of aromatic nitrogens is 2. The van der Waals surface area contributed by atoms with Crippen LogP contribution in [0.5, 0.6) is 5.75 Å². The minimum Gasteiger partial charge on any atom is -0.507 e. The van der Waals surface area contributed by atoms with Crippen LogP contribution in [0.2, 0.25) is 0 Å². The van der Waals surface area contributed by atoms with Crippen molar-refractivity contribution in [3.05, 3.63) is 93.4 Å². The highest BCUT2D eigenvalue weighted by atomic mass is 32.1. The largest absolute Gasteiger partial charge is 0.507 e. The van der Waals surface area contributed by atoms with Crippen molar-refractivity contribution in [1.82, 2.24) is 20.6 Å². The molecule has 0 saturated carbocycles. The van der Waals surface area contributed by atoms with Crippen molar-refractivity contribution < 1.29 is 24.2 Å². The molecule has 0 radical (unpaired) electrons. The summed E-state index contributed by atoms with van der Waals surface area (Å²) < 4.78 is 4.82.